The second kappa shape index (κ2) is 5.95. The first-order valence-corrected chi connectivity index (χ1v) is 6.64. The fourth-order valence-corrected chi connectivity index (χ4v) is 2.05. The number of piperazine rings is 1. The molecule has 18 heavy (non-hydrogen) atoms. The van der Waals surface area contributed by atoms with Gasteiger partial charge in [-0.15, -0.1) is 0 Å². The lowest BCUT2D eigenvalue weighted by atomic mass is 10.3. The summed E-state index contributed by atoms with van der Waals surface area (Å²) in [5.74, 6) is 0.796. The molecule has 6 heteroatoms. The maximum absolute atomic E-state index is 11.7. The third-order valence-corrected chi connectivity index (χ3v) is 3.20. The van der Waals surface area contributed by atoms with Crippen molar-refractivity contribution in [1.82, 2.24) is 14.9 Å². The Kier molecular flexibility index (Phi) is 4.30. The molecule has 1 aliphatic rings. The molecule has 1 aliphatic heterocycles. The topological polar surface area (TPSA) is 49.3 Å². The predicted molar refractivity (Wildman–Crippen MR) is 73.3 cm³/mol. The van der Waals surface area contributed by atoms with Crippen LogP contribution in [0.5, 0.6) is 0 Å². The summed E-state index contributed by atoms with van der Waals surface area (Å²) in [5, 5.41) is 0. The highest BCUT2D eigenvalue weighted by Crippen LogP contribution is 2.13. The summed E-state index contributed by atoms with van der Waals surface area (Å²) in [6.07, 6.45) is 6.84. The molecule has 2 rings (SSSR count). The highest BCUT2D eigenvalue weighted by Gasteiger charge is 2.20. The Hall–Kier alpha value is -1.43. The minimum Gasteiger partial charge on any atom is -0.337 e. The first kappa shape index (κ1) is 13.0. The summed E-state index contributed by atoms with van der Waals surface area (Å²) in [6.45, 7) is 4.81. The van der Waals surface area contributed by atoms with Crippen LogP contribution in [-0.2, 0) is 4.79 Å². The first-order valence-electron chi connectivity index (χ1n) is 5.85. The van der Waals surface area contributed by atoms with Gasteiger partial charge >= 0.3 is 0 Å². The molecule has 1 aromatic rings. The van der Waals surface area contributed by atoms with Gasteiger partial charge in [-0.2, -0.15) is 0 Å². The van der Waals surface area contributed by atoms with Gasteiger partial charge in [-0.05, 0) is 28.9 Å². The van der Waals surface area contributed by atoms with Crippen molar-refractivity contribution in [1.29, 1.82) is 0 Å². The number of hydrogen-bond donors (Lipinski definition) is 0. The Balaban J connectivity index is 1.94. The van der Waals surface area contributed by atoms with Crippen molar-refractivity contribution >= 4 is 27.8 Å². The first-order chi connectivity index (χ1) is 8.70. The molecular formula is C12H15BrN4O. The lowest BCUT2D eigenvalue weighted by molar-refractivity contribution is -0.126. The van der Waals surface area contributed by atoms with Crippen LogP contribution in [0.2, 0.25) is 0 Å². The molecule has 0 unspecified atom stereocenters. The smallest absolute Gasteiger partial charge is 0.246 e. The van der Waals surface area contributed by atoms with Crippen molar-refractivity contribution in [3.8, 4) is 0 Å². The zero-order valence-electron chi connectivity index (χ0n) is 10.2. The maximum Gasteiger partial charge on any atom is 0.246 e. The van der Waals surface area contributed by atoms with Crippen molar-refractivity contribution in [2.75, 3.05) is 31.1 Å². The summed E-state index contributed by atoms with van der Waals surface area (Å²) in [5.41, 5.74) is 0. The second-order valence-electron chi connectivity index (χ2n) is 4.01. The SMILES string of the molecule is CC=CC(=O)N1CCN(c2ncc(Br)cn2)CC1. The Morgan fingerprint density at radius 2 is 1.89 bits per heavy atom. The standard InChI is InChI=1S/C12H15BrN4O/c1-2-3-11(18)16-4-6-17(7-5-16)12-14-8-10(13)9-15-12/h2-3,8-9H,4-7H2,1H3. The van der Waals surface area contributed by atoms with E-state index in [1.807, 2.05) is 11.8 Å². The molecule has 0 atom stereocenters. The number of anilines is 1. The van der Waals surface area contributed by atoms with E-state index in [1.165, 1.54) is 0 Å². The van der Waals surface area contributed by atoms with Crippen molar-refractivity contribution in [2.45, 2.75) is 6.92 Å². The lowest BCUT2D eigenvalue weighted by Gasteiger charge is -2.34. The van der Waals surface area contributed by atoms with E-state index in [2.05, 4.69) is 30.8 Å². The monoisotopic (exact) mass is 310 g/mol. The van der Waals surface area contributed by atoms with Gasteiger partial charge < -0.3 is 9.80 Å². The van der Waals surface area contributed by atoms with Gasteiger partial charge in [-0.25, -0.2) is 9.97 Å². The number of halogens is 1. The van der Waals surface area contributed by atoms with E-state index in [0.717, 1.165) is 23.5 Å². The number of allylic oxidation sites excluding steroid dienone is 1. The van der Waals surface area contributed by atoms with Gasteiger partial charge in [0.05, 0.1) is 4.47 Å². The number of carbonyl (C=O) groups is 1. The number of hydrogen-bond acceptors (Lipinski definition) is 4. The molecule has 0 spiro atoms. The van der Waals surface area contributed by atoms with Gasteiger partial charge in [-0.1, -0.05) is 6.08 Å². The normalized spacial score (nSPS) is 16.3. The van der Waals surface area contributed by atoms with Crippen LogP contribution in [0.4, 0.5) is 5.95 Å². The fraction of sp³-hybridized carbons (Fsp3) is 0.417. The van der Waals surface area contributed by atoms with Crippen molar-refractivity contribution < 1.29 is 4.79 Å². The highest BCUT2D eigenvalue weighted by atomic mass is 79.9. The Labute approximate surface area is 115 Å². The number of amides is 1. The average Bonchev–Trinajstić information content (AvgIpc) is 2.40. The molecule has 5 nitrogen and oxygen atoms in total. The zero-order chi connectivity index (χ0) is 13.0. The molecule has 2 heterocycles. The molecule has 0 radical (unpaired) electrons. The second-order valence-corrected chi connectivity index (χ2v) is 4.93. The van der Waals surface area contributed by atoms with Gasteiger partial charge in [0.25, 0.3) is 0 Å². The van der Waals surface area contributed by atoms with E-state index in [-0.39, 0.29) is 5.91 Å². The lowest BCUT2D eigenvalue weighted by Crippen LogP contribution is -2.48. The molecule has 0 bridgehead atoms. The molecule has 1 amide bonds. The predicted octanol–water partition coefficient (Wildman–Crippen LogP) is 1.46. The summed E-state index contributed by atoms with van der Waals surface area (Å²) in [7, 11) is 0. The molecule has 96 valence electrons. The maximum atomic E-state index is 11.7. The molecule has 0 aliphatic carbocycles. The van der Waals surface area contributed by atoms with E-state index in [0.29, 0.717) is 13.1 Å². The Morgan fingerprint density at radius 1 is 1.28 bits per heavy atom. The van der Waals surface area contributed by atoms with Crippen LogP contribution in [0.3, 0.4) is 0 Å². The summed E-state index contributed by atoms with van der Waals surface area (Å²) >= 11 is 3.31. The van der Waals surface area contributed by atoms with Crippen LogP contribution in [-0.4, -0.2) is 47.0 Å². The van der Waals surface area contributed by atoms with Gasteiger partial charge in [-0.3, -0.25) is 4.79 Å². The molecular weight excluding hydrogens is 296 g/mol. The number of nitrogens with zero attached hydrogens (tertiary/aromatic N) is 4. The molecule has 0 aromatic carbocycles. The molecule has 1 saturated heterocycles. The van der Waals surface area contributed by atoms with E-state index in [4.69, 9.17) is 0 Å². The van der Waals surface area contributed by atoms with Gasteiger partial charge in [0.2, 0.25) is 11.9 Å². The van der Waals surface area contributed by atoms with Crippen LogP contribution in [0.15, 0.2) is 29.0 Å². The summed E-state index contributed by atoms with van der Waals surface area (Å²) < 4.78 is 0.869. The Morgan fingerprint density at radius 3 is 2.44 bits per heavy atom. The number of aromatic nitrogens is 2. The highest BCUT2D eigenvalue weighted by molar-refractivity contribution is 9.10. The quantitative estimate of drug-likeness (QED) is 0.776. The Bertz CT molecular complexity index is 438. The van der Waals surface area contributed by atoms with Crippen LogP contribution in [0.25, 0.3) is 0 Å². The van der Waals surface area contributed by atoms with Crippen molar-refractivity contribution in [3.05, 3.63) is 29.0 Å². The van der Waals surface area contributed by atoms with Crippen LogP contribution < -0.4 is 4.90 Å². The van der Waals surface area contributed by atoms with Gasteiger partial charge in [0.1, 0.15) is 0 Å². The van der Waals surface area contributed by atoms with E-state index >= 15 is 0 Å². The minimum absolute atomic E-state index is 0.0777. The molecule has 1 aromatic heterocycles. The van der Waals surface area contributed by atoms with E-state index in [1.54, 1.807) is 24.5 Å². The van der Waals surface area contributed by atoms with Gasteiger partial charge in [0.15, 0.2) is 0 Å². The number of carbonyl (C=O) groups excluding carboxylic acids is 1. The van der Waals surface area contributed by atoms with Gasteiger partial charge in [0, 0.05) is 38.6 Å². The third kappa shape index (κ3) is 3.07. The molecule has 0 saturated carbocycles. The fourth-order valence-electron chi connectivity index (χ4n) is 1.84. The van der Waals surface area contributed by atoms with Crippen molar-refractivity contribution in [2.24, 2.45) is 0 Å². The van der Waals surface area contributed by atoms with Crippen LogP contribution in [0, 0.1) is 0 Å². The molecule has 0 N–H and O–H groups in total. The molecule has 1 fully saturated rings. The minimum atomic E-state index is 0.0777. The number of rotatable bonds is 2. The summed E-state index contributed by atoms with van der Waals surface area (Å²) in [6, 6.07) is 0. The zero-order valence-corrected chi connectivity index (χ0v) is 11.8. The van der Waals surface area contributed by atoms with Crippen LogP contribution in [0.1, 0.15) is 6.92 Å². The van der Waals surface area contributed by atoms with Crippen LogP contribution >= 0.6 is 15.9 Å². The van der Waals surface area contributed by atoms with E-state index < -0.39 is 0 Å². The largest absolute Gasteiger partial charge is 0.337 e. The van der Waals surface area contributed by atoms with E-state index in [9.17, 15) is 4.79 Å². The summed E-state index contributed by atoms with van der Waals surface area (Å²) in [4.78, 5) is 24.1. The third-order valence-electron chi connectivity index (χ3n) is 2.79. The van der Waals surface area contributed by atoms with Crippen molar-refractivity contribution in [3.63, 3.8) is 0 Å². The average molecular weight is 311 g/mol.